The number of nitrogens with one attached hydrogen (secondary N) is 1. The minimum Gasteiger partial charge on any atom is -0.355 e. The average Bonchev–Trinajstić information content (AvgIpc) is 2.64. The van der Waals surface area contributed by atoms with E-state index in [0.717, 1.165) is 5.56 Å². The van der Waals surface area contributed by atoms with E-state index in [1.807, 2.05) is 21.9 Å². The first-order valence-electron chi connectivity index (χ1n) is 9.41. The van der Waals surface area contributed by atoms with E-state index in [1.165, 1.54) is 11.9 Å². The third-order valence-electron chi connectivity index (χ3n) is 4.61. The van der Waals surface area contributed by atoms with E-state index >= 15 is 0 Å². The monoisotopic (exact) mass is 433 g/mol. The summed E-state index contributed by atoms with van der Waals surface area (Å²) >= 11 is 5.97. The molecular weight excluding hydrogens is 407 g/mol. The van der Waals surface area contributed by atoms with E-state index in [2.05, 4.69) is 10.3 Å². The second-order valence-corrected chi connectivity index (χ2v) is 7.44. The Hall–Kier alpha value is -2.00. The van der Waals surface area contributed by atoms with Crippen LogP contribution in [-0.2, 0) is 11.2 Å². The zero-order valence-corrected chi connectivity index (χ0v) is 17.4. The normalized spacial score (nSPS) is 15.8. The number of rotatable bonds is 6. The molecule has 0 aliphatic carbocycles. The third kappa shape index (κ3) is 8.10. The third-order valence-corrected chi connectivity index (χ3v) is 4.85. The predicted molar refractivity (Wildman–Crippen MR) is 108 cm³/mol. The van der Waals surface area contributed by atoms with Crippen LogP contribution in [-0.4, -0.2) is 92.7 Å². The molecule has 6 nitrogen and oxygen atoms in total. The van der Waals surface area contributed by atoms with Gasteiger partial charge in [0.05, 0.1) is 13.0 Å². The van der Waals surface area contributed by atoms with Gasteiger partial charge in [-0.3, -0.25) is 14.7 Å². The molecule has 1 aromatic carbocycles. The van der Waals surface area contributed by atoms with Gasteiger partial charge in [0.15, 0.2) is 5.96 Å². The molecule has 0 bridgehead atoms. The van der Waals surface area contributed by atoms with Gasteiger partial charge in [0.25, 0.3) is 0 Å². The Morgan fingerprint density at radius 2 is 1.90 bits per heavy atom. The lowest BCUT2D eigenvalue weighted by Gasteiger charge is -2.36. The van der Waals surface area contributed by atoms with Crippen molar-refractivity contribution in [3.63, 3.8) is 0 Å². The molecule has 0 atom stereocenters. The average molecular weight is 434 g/mol. The number of nitrogens with zero attached hydrogens (tertiary/aromatic N) is 4. The van der Waals surface area contributed by atoms with Crippen molar-refractivity contribution in [3.05, 3.63) is 34.9 Å². The summed E-state index contributed by atoms with van der Waals surface area (Å²) in [6, 6.07) is 7.26. The topological polar surface area (TPSA) is 51.2 Å². The van der Waals surface area contributed by atoms with Gasteiger partial charge in [0.2, 0.25) is 5.91 Å². The number of halogens is 4. The second kappa shape index (κ2) is 10.7. The fourth-order valence-electron chi connectivity index (χ4n) is 3.18. The first-order chi connectivity index (χ1) is 13.7. The number of carbonyl (C=O) groups is 1. The molecule has 1 saturated heterocycles. The second-order valence-electron chi connectivity index (χ2n) is 7.00. The van der Waals surface area contributed by atoms with E-state index in [1.54, 1.807) is 19.2 Å². The van der Waals surface area contributed by atoms with Crippen LogP contribution in [0.15, 0.2) is 29.3 Å². The Kier molecular flexibility index (Phi) is 8.58. The van der Waals surface area contributed by atoms with Gasteiger partial charge >= 0.3 is 6.18 Å². The molecular formula is C19H27ClF3N5O. The Labute approximate surface area is 174 Å². The van der Waals surface area contributed by atoms with E-state index in [-0.39, 0.29) is 12.5 Å². The number of hydrogen-bond donors (Lipinski definition) is 1. The number of aliphatic imine (C=N–C) groups is 1. The Morgan fingerprint density at radius 3 is 2.48 bits per heavy atom. The molecule has 1 N–H and O–H groups in total. The lowest BCUT2D eigenvalue weighted by molar-refractivity contribution is -0.142. The van der Waals surface area contributed by atoms with Gasteiger partial charge in [-0.15, -0.1) is 0 Å². The molecule has 1 aliphatic rings. The molecule has 0 unspecified atom stereocenters. The summed E-state index contributed by atoms with van der Waals surface area (Å²) in [4.78, 5) is 21.7. The molecule has 1 aliphatic heterocycles. The summed E-state index contributed by atoms with van der Waals surface area (Å²) in [6.45, 7) is 2.01. The van der Waals surface area contributed by atoms with Crippen LogP contribution in [0.5, 0.6) is 0 Å². The van der Waals surface area contributed by atoms with Crippen molar-refractivity contribution in [2.24, 2.45) is 4.99 Å². The van der Waals surface area contributed by atoms with Crippen LogP contribution in [0.25, 0.3) is 0 Å². The van der Waals surface area contributed by atoms with Crippen LogP contribution < -0.4 is 5.32 Å². The van der Waals surface area contributed by atoms with Gasteiger partial charge in [-0.1, -0.05) is 23.7 Å². The van der Waals surface area contributed by atoms with Gasteiger partial charge in [0, 0.05) is 51.3 Å². The van der Waals surface area contributed by atoms with E-state index in [0.29, 0.717) is 50.1 Å². The van der Waals surface area contributed by atoms with Crippen LogP contribution in [0, 0.1) is 0 Å². The van der Waals surface area contributed by atoms with E-state index in [4.69, 9.17) is 11.6 Å². The highest BCUT2D eigenvalue weighted by atomic mass is 35.5. The highest BCUT2D eigenvalue weighted by molar-refractivity contribution is 6.30. The van der Waals surface area contributed by atoms with Gasteiger partial charge in [-0.25, -0.2) is 0 Å². The molecule has 2 rings (SSSR count). The standard InChI is InChI=1S/C19H27ClF3N5O/c1-24-18(25-6-7-26(2)14-19(21,22)23)28-10-8-27(9-11-28)17(29)13-15-4-3-5-16(20)12-15/h3-5,12H,6-11,13-14H2,1-2H3,(H,24,25). The molecule has 162 valence electrons. The number of carbonyl (C=O) groups excluding carboxylic acids is 1. The van der Waals surface area contributed by atoms with E-state index < -0.39 is 12.7 Å². The summed E-state index contributed by atoms with van der Waals surface area (Å²) in [5.74, 6) is 0.677. The summed E-state index contributed by atoms with van der Waals surface area (Å²) < 4.78 is 37.1. The number of amides is 1. The number of piperazine rings is 1. The lowest BCUT2D eigenvalue weighted by Crippen LogP contribution is -2.54. The highest BCUT2D eigenvalue weighted by Gasteiger charge is 2.29. The zero-order chi connectivity index (χ0) is 21.4. The van der Waals surface area contributed by atoms with Crippen molar-refractivity contribution >= 4 is 23.5 Å². The maximum absolute atomic E-state index is 12.5. The molecule has 1 amide bonds. The van der Waals surface area contributed by atoms with Crippen LogP contribution in [0.1, 0.15) is 5.56 Å². The van der Waals surface area contributed by atoms with Gasteiger partial charge in [0.1, 0.15) is 0 Å². The molecule has 1 heterocycles. The summed E-state index contributed by atoms with van der Waals surface area (Å²) in [7, 11) is 3.07. The number of likely N-dealkylation sites (N-methyl/N-ethyl adjacent to an activating group) is 1. The zero-order valence-electron chi connectivity index (χ0n) is 16.7. The largest absolute Gasteiger partial charge is 0.401 e. The molecule has 1 fully saturated rings. The lowest BCUT2D eigenvalue weighted by atomic mass is 10.1. The maximum Gasteiger partial charge on any atom is 0.401 e. The Balaban J connectivity index is 1.75. The van der Waals surface area contributed by atoms with Crippen molar-refractivity contribution in [2.75, 3.05) is 59.9 Å². The Bertz CT molecular complexity index is 705. The quantitative estimate of drug-likeness (QED) is 0.551. The highest BCUT2D eigenvalue weighted by Crippen LogP contribution is 2.15. The van der Waals surface area contributed by atoms with Gasteiger partial charge in [-0.2, -0.15) is 13.2 Å². The van der Waals surface area contributed by atoms with Gasteiger partial charge in [-0.05, 0) is 24.7 Å². The van der Waals surface area contributed by atoms with Crippen molar-refractivity contribution < 1.29 is 18.0 Å². The molecule has 0 saturated carbocycles. The first-order valence-corrected chi connectivity index (χ1v) is 9.79. The van der Waals surface area contributed by atoms with Crippen LogP contribution >= 0.6 is 11.6 Å². The van der Waals surface area contributed by atoms with Crippen molar-refractivity contribution in [3.8, 4) is 0 Å². The maximum atomic E-state index is 12.5. The Morgan fingerprint density at radius 1 is 1.24 bits per heavy atom. The molecule has 1 aromatic rings. The predicted octanol–water partition coefficient (Wildman–Crippen LogP) is 2.10. The molecule has 0 aromatic heterocycles. The number of hydrogen-bond acceptors (Lipinski definition) is 3. The molecule has 0 spiro atoms. The smallest absolute Gasteiger partial charge is 0.355 e. The minimum atomic E-state index is -4.20. The number of guanidine groups is 1. The molecule has 29 heavy (non-hydrogen) atoms. The van der Waals surface area contributed by atoms with E-state index in [9.17, 15) is 18.0 Å². The summed E-state index contributed by atoms with van der Waals surface area (Å²) in [6.07, 6.45) is -3.90. The van der Waals surface area contributed by atoms with Crippen LogP contribution in [0.3, 0.4) is 0 Å². The van der Waals surface area contributed by atoms with Crippen LogP contribution in [0.4, 0.5) is 13.2 Å². The molecule has 0 radical (unpaired) electrons. The fourth-order valence-corrected chi connectivity index (χ4v) is 3.39. The SMILES string of the molecule is CN=C(NCCN(C)CC(F)(F)F)N1CCN(C(=O)Cc2cccc(Cl)c2)CC1. The first kappa shape index (κ1) is 23.3. The van der Waals surface area contributed by atoms with Crippen molar-refractivity contribution in [1.82, 2.24) is 20.0 Å². The molecule has 10 heteroatoms. The van der Waals surface area contributed by atoms with Crippen molar-refractivity contribution in [2.45, 2.75) is 12.6 Å². The fraction of sp³-hybridized carbons (Fsp3) is 0.579. The number of alkyl halides is 3. The summed E-state index contributed by atoms with van der Waals surface area (Å²) in [5.41, 5.74) is 0.880. The van der Waals surface area contributed by atoms with Crippen molar-refractivity contribution in [1.29, 1.82) is 0 Å². The minimum absolute atomic E-state index is 0.0450. The summed E-state index contributed by atoms with van der Waals surface area (Å²) in [5, 5.41) is 3.70. The van der Waals surface area contributed by atoms with Crippen LogP contribution in [0.2, 0.25) is 5.02 Å². The van der Waals surface area contributed by atoms with Gasteiger partial charge < -0.3 is 15.1 Å². The number of benzene rings is 1.